The van der Waals surface area contributed by atoms with E-state index in [1.165, 1.54) is 0 Å². The van der Waals surface area contributed by atoms with Crippen molar-refractivity contribution in [3.05, 3.63) is 59.7 Å². The fourth-order valence-electron chi connectivity index (χ4n) is 2.15. The molecule has 0 aromatic heterocycles. The maximum atomic E-state index is 12.7. The van der Waals surface area contributed by atoms with Gasteiger partial charge in [0.15, 0.2) is 0 Å². The highest BCUT2D eigenvalue weighted by molar-refractivity contribution is 6.06. The Balaban J connectivity index is 2.31. The van der Waals surface area contributed by atoms with Crippen molar-refractivity contribution in [1.29, 1.82) is 0 Å². The number of hydrogen-bond acceptors (Lipinski definition) is 3. The number of para-hydroxylation sites is 1. The van der Waals surface area contributed by atoms with Gasteiger partial charge in [0.2, 0.25) is 0 Å². The van der Waals surface area contributed by atoms with Gasteiger partial charge in [0.1, 0.15) is 5.75 Å². The number of carbonyl (C=O) groups excluding carboxylic acids is 1. The van der Waals surface area contributed by atoms with Crippen LogP contribution in [0.2, 0.25) is 0 Å². The number of hydrogen-bond donors (Lipinski definition) is 2. The first-order chi connectivity index (χ1) is 10.1. The monoisotopic (exact) mass is 284 g/mol. The van der Waals surface area contributed by atoms with Crippen molar-refractivity contribution in [2.45, 2.75) is 13.3 Å². The SMILES string of the molecule is Cc1cc(C(=O)N(CCCN)c2ccccc2)ccc1O. The van der Waals surface area contributed by atoms with E-state index in [0.717, 1.165) is 12.1 Å². The molecule has 3 N–H and O–H groups in total. The number of phenols is 1. The van der Waals surface area contributed by atoms with Crippen molar-refractivity contribution in [2.24, 2.45) is 5.73 Å². The number of phenolic OH excluding ortho intramolecular Hbond substituents is 1. The minimum Gasteiger partial charge on any atom is -0.508 e. The Kier molecular flexibility index (Phi) is 4.95. The van der Waals surface area contributed by atoms with Crippen molar-refractivity contribution in [1.82, 2.24) is 0 Å². The Morgan fingerprint density at radius 1 is 1.19 bits per heavy atom. The molecule has 0 saturated heterocycles. The lowest BCUT2D eigenvalue weighted by Gasteiger charge is -2.23. The summed E-state index contributed by atoms with van der Waals surface area (Å²) in [6, 6.07) is 14.4. The summed E-state index contributed by atoms with van der Waals surface area (Å²) in [5, 5.41) is 9.58. The van der Waals surface area contributed by atoms with Gasteiger partial charge in [-0.25, -0.2) is 0 Å². The third kappa shape index (κ3) is 3.61. The second-order valence-corrected chi connectivity index (χ2v) is 4.94. The topological polar surface area (TPSA) is 66.6 Å². The van der Waals surface area contributed by atoms with E-state index >= 15 is 0 Å². The van der Waals surface area contributed by atoms with Crippen LogP contribution < -0.4 is 10.6 Å². The van der Waals surface area contributed by atoms with Crippen LogP contribution in [0.3, 0.4) is 0 Å². The van der Waals surface area contributed by atoms with Crippen molar-refractivity contribution < 1.29 is 9.90 Å². The van der Waals surface area contributed by atoms with E-state index < -0.39 is 0 Å². The predicted molar refractivity (Wildman–Crippen MR) is 84.6 cm³/mol. The molecule has 1 amide bonds. The lowest BCUT2D eigenvalue weighted by atomic mass is 10.1. The van der Waals surface area contributed by atoms with E-state index in [9.17, 15) is 9.90 Å². The van der Waals surface area contributed by atoms with Crippen molar-refractivity contribution in [3.63, 3.8) is 0 Å². The summed E-state index contributed by atoms with van der Waals surface area (Å²) in [7, 11) is 0. The van der Waals surface area contributed by atoms with E-state index in [1.54, 1.807) is 30.0 Å². The Hall–Kier alpha value is -2.33. The van der Waals surface area contributed by atoms with Crippen LogP contribution in [0, 0.1) is 6.92 Å². The maximum absolute atomic E-state index is 12.7. The van der Waals surface area contributed by atoms with E-state index in [0.29, 0.717) is 24.2 Å². The molecule has 0 spiro atoms. The maximum Gasteiger partial charge on any atom is 0.258 e. The molecule has 21 heavy (non-hydrogen) atoms. The zero-order valence-electron chi connectivity index (χ0n) is 12.1. The smallest absolute Gasteiger partial charge is 0.258 e. The molecule has 0 fully saturated rings. The van der Waals surface area contributed by atoms with Crippen LogP contribution in [0.1, 0.15) is 22.3 Å². The van der Waals surface area contributed by atoms with Gasteiger partial charge in [-0.1, -0.05) is 18.2 Å². The zero-order valence-corrected chi connectivity index (χ0v) is 12.1. The van der Waals surface area contributed by atoms with E-state index in [2.05, 4.69) is 0 Å². The normalized spacial score (nSPS) is 10.4. The van der Waals surface area contributed by atoms with Crippen LogP contribution in [0.4, 0.5) is 5.69 Å². The summed E-state index contributed by atoms with van der Waals surface area (Å²) in [6.07, 6.45) is 0.734. The first-order valence-electron chi connectivity index (χ1n) is 7.00. The molecule has 0 aliphatic rings. The van der Waals surface area contributed by atoms with E-state index in [-0.39, 0.29) is 11.7 Å². The van der Waals surface area contributed by atoms with Gasteiger partial charge in [-0.05, 0) is 55.8 Å². The van der Waals surface area contributed by atoms with E-state index in [4.69, 9.17) is 5.73 Å². The number of carbonyl (C=O) groups is 1. The molecule has 0 saturated carbocycles. The van der Waals surface area contributed by atoms with Crippen LogP contribution in [0.25, 0.3) is 0 Å². The highest BCUT2D eigenvalue weighted by atomic mass is 16.3. The standard InChI is InChI=1S/C17H20N2O2/c1-13-12-14(8-9-16(13)20)17(21)19(11-5-10-18)15-6-3-2-4-7-15/h2-4,6-9,12,20H,5,10-11,18H2,1H3. The number of benzene rings is 2. The van der Waals surface area contributed by atoms with Crippen LogP contribution in [0.5, 0.6) is 5.75 Å². The molecule has 0 aliphatic heterocycles. The molecule has 0 radical (unpaired) electrons. The molecule has 2 rings (SSSR count). The third-order valence-electron chi connectivity index (χ3n) is 3.34. The molecule has 0 heterocycles. The summed E-state index contributed by atoms with van der Waals surface area (Å²) in [4.78, 5) is 14.4. The Labute approximate surface area is 124 Å². The summed E-state index contributed by atoms with van der Waals surface area (Å²) in [5.41, 5.74) is 7.66. The van der Waals surface area contributed by atoms with Gasteiger partial charge in [-0.15, -0.1) is 0 Å². The average molecular weight is 284 g/mol. The van der Waals surface area contributed by atoms with Gasteiger partial charge in [-0.2, -0.15) is 0 Å². The molecule has 4 nitrogen and oxygen atoms in total. The molecule has 110 valence electrons. The number of anilines is 1. The molecule has 2 aromatic rings. The number of amides is 1. The first kappa shape index (κ1) is 15.1. The van der Waals surface area contributed by atoms with Crippen LogP contribution in [0.15, 0.2) is 48.5 Å². The van der Waals surface area contributed by atoms with Crippen molar-refractivity contribution in [2.75, 3.05) is 18.0 Å². The summed E-state index contributed by atoms with van der Waals surface area (Å²) >= 11 is 0. The predicted octanol–water partition coefficient (Wildman–Crippen LogP) is 2.70. The Morgan fingerprint density at radius 2 is 1.90 bits per heavy atom. The van der Waals surface area contributed by atoms with Gasteiger partial charge < -0.3 is 15.7 Å². The largest absolute Gasteiger partial charge is 0.508 e. The Bertz CT molecular complexity index is 611. The van der Waals surface area contributed by atoms with Gasteiger partial charge in [0, 0.05) is 17.8 Å². The van der Waals surface area contributed by atoms with Crippen molar-refractivity contribution >= 4 is 11.6 Å². The molecule has 0 bridgehead atoms. The van der Waals surface area contributed by atoms with Gasteiger partial charge >= 0.3 is 0 Å². The number of nitrogens with zero attached hydrogens (tertiary/aromatic N) is 1. The molecular formula is C17H20N2O2. The minimum absolute atomic E-state index is 0.0854. The molecule has 0 unspecified atom stereocenters. The molecule has 0 atom stereocenters. The lowest BCUT2D eigenvalue weighted by molar-refractivity contribution is 0.0986. The zero-order chi connectivity index (χ0) is 15.2. The summed E-state index contributed by atoms with van der Waals surface area (Å²) in [5.74, 6) is 0.109. The van der Waals surface area contributed by atoms with E-state index in [1.807, 2.05) is 30.3 Å². The molecule has 0 aliphatic carbocycles. The van der Waals surface area contributed by atoms with Crippen molar-refractivity contribution in [3.8, 4) is 5.75 Å². The molecular weight excluding hydrogens is 264 g/mol. The lowest BCUT2D eigenvalue weighted by Crippen LogP contribution is -2.33. The third-order valence-corrected chi connectivity index (χ3v) is 3.34. The highest BCUT2D eigenvalue weighted by Gasteiger charge is 2.17. The quantitative estimate of drug-likeness (QED) is 0.887. The average Bonchev–Trinajstić information content (AvgIpc) is 2.51. The second-order valence-electron chi connectivity index (χ2n) is 4.94. The minimum atomic E-state index is -0.0854. The number of nitrogens with two attached hydrogens (primary N) is 1. The van der Waals surface area contributed by atoms with Gasteiger partial charge in [0.25, 0.3) is 5.91 Å². The number of rotatable bonds is 5. The first-order valence-corrected chi connectivity index (χ1v) is 7.00. The number of aryl methyl sites for hydroxylation is 1. The molecule has 2 aromatic carbocycles. The van der Waals surface area contributed by atoms with Gasteiger partial charge in [0.05, 0.1) is 0 Å². The summed E-state index contributed by atoms with van der Waals surface area (Å²) in [6.45, 7) is 2.88. The van der Waals surface area contributed by atoms with Crippen LogP contribution >= 0.6 is 0 Å². The summed E-state index contributed by atoms with van der Waals surface area (Å²) < 4.78 is 0. The molecule has 4 heteroatoms. The van der Waals surface area contributed by atoms with Crippen LogP contribution in [-0.4, -0.2) is 24.1 Å². The van der Waals surface area contributed by atoms with Crippen LogP contribution in [-0.2, 0) is 0 Å². The van der Waals surface area contributed by atoms with Gasteiger partial charge in [-0.3, -0.25) is 4.79 Å². The fourth-order valence-corrected chi connectivity index (χ4v) is 2.15. The number of aromatic hydroxyl groups is 1. The second kappa shape index (κ2) is 6.90. The Morgan fingerprint density at radius 3 is 2.52 bits per heavy atom. The highest BCUT2D eigenvalue weighted by Crippen LogP contribution is 2.21. The fraction of sp³-hybridized carbons (Fsp3) is 0.235.